The highest BCUT2D eigenvalue weighted by Crippen LogP contribution is 2.17. The summed E-state index contributed by atoms with van der Waals surface area (Å²) in [6, 6.07) is 9.13. The second-order valence-electron chi connectivity index (χ2n) is 5.92. The predicted octanol–water partition coefficient (Wildman–Crippen LogP) is 3.74. The molecule has 0 aliphatic heterocycles. The van der Waals surface area contributed by atoms with Gasteiger partial charge >= 0.3 is 0 Å². The van der Waals surface area contributed by atoms with Crippen molar-refractivity contribution in [2.24, 2.45) is 0 Å². The topological polar surface area (TPSA) is 29.9 Å². The van der Waals surface area contributed by atoms with Crippen molar-refractivity contribution in [3.05, 3.63) is 30.6 Å². The number of aryl methyl sites for hydroxylation is 1. The lowest BCUT2D eigenvalue weighted by atomic mass is 10.1. The van der Waals surface area contributed by atoms with Gasteiger partial charge in [-0.25, -0.2) is 4.98 Å². The molecule has 0 amide bonds. The maximum atomic E-state index is 4.44. The molecular formula is C17H25N3. The quantitative estimate of drug-likeness (QED) is 0.663. The molecule has 108 valence electrons. The third kappa shape index (κ3) is 3.40. The summed E-state index contributed by atoms with van der Waals surface area (Å²) in [5.74, 6) is 0. The second-order valence-corrected chi connectivity index (χ2v) is 5.92. The van der Waals surface area contributed by atoms with Gasteiger partial charge in [-0.3, -0.25) is 0 Å². The van der Waals surface area contributed by atoms with Gasteiger partial charge in [-0.1, -0.05) is 37.8 Å². The standard InChI is InChI=1S/C17H25N3/c1-2-4-9-15(8-3-1)18-12-7-13-20-14-19-16-10-5-6-11-17(16)20/h5-6,10-11,14-15,18H,1-4,7-9,12-13H2. The fraction of sp³-hybridized carbons (Fsp3) is 0.588. The lowest BCUT2D eigenvalue weighted by molar-refractivity contribution is 0.447. The molecule has 1 N–H and O–H groups in total. The molecule has 3 nitrogen and oxygen atoms in total. The molecule has 0 radical (unpaired) electrons. The Bertz CT molecular complexity index is 524. The zero-order chi connectivity index (χ0) is 13.6. The largest absolute Gasteiger partial charge is 0.331 e. The molecule has 3 heteroatoms. The van der Waals surface area contributed by atoms with E-state index < -0.39 is 0 Å². The van der Waals surface area contributed by atoms with Crippen LogP contribution >= 0.6 is 0 Å². The van der Waals surface area contributed by atoms with Crippen molar-refractivity contribution in [2.75, 3.05) is 6.54 Å². The number of hydrogen-bond acceptors (Lipinski definition) is 2. The van der Waals surface area contributed by atoms with Crippen LogP contribution in [-0.2, 0) is 6.54 Å². The number of fused-ring (bicyclic) bond motifs is 1. The highest BCUT2D eigenvalue weighted by Gasteiger charge is 2.10. The summed E-state index contributed by atoms with van der Waals surface area (Å²) in [7, 11) is 0. The first-order valence-electron chi connectivity index (χ1n) is 8.07. The SMILES string of the molecule is c1ccc2c(c1)ncn2CCCNC1CCCCCC1. The summed E-state index contributed by atoms with van der Waals surface area (Å²) in [4.78, 5) is 4.44. The van der Waals surface area contributed by atoms with Crippen LogP contribution in [0.2, 0.25) is 0 Å². The van der Waals surface area contributed by atoms with Gasteiger partial charge in [0.1, 0.15) is 0 Å². The molecule has 1 aromatic carbocycles. The van der Waals surface area contributed by atoms with E-state index in [1.54, 1.807) is 0 Å². The monoisotopic (exact) mass is 271 g/mol. The first-order valence-corrected chi connectivity index (χ1v) is 8.07. The van der Waals surface area contributed by atoms with E-state index in [0.717, 1.165) is 24.6 Å². The minimum absolute atomic E-state index is 0.761. The van der Waals surface area contributed by atoms with E-state index in [0.29, 0.717) is 0 Å². The maximum Gasteiger partial charge on any atom is 0.0958 e. The Balaban J connectivity index is 1.45. The van der Waals surface area contributed by atoms with Gasteiger partial charge < -0.3 is 9.88 Å². The third-order valence-electron chi connectivity index (χ3n) is 4.39. The zero-order valence-corrected chi connectivity index (χ0v) is 12.2. The highest BCUT2D eigenvalue weighted by molar-refractivity contribution is 5.74. The van der Waals surface area contributed by atoms with Crippen LogP contribution in [0.4, 0.5) is 0 Å². The van der Waals surface area contributed by atoms with Crippen molar-refractivity contribution >= 4 is 11.0 Å². The van der Waals surface area contributed by atoms with Crippen LogP contribution in [0.3, 0.4) is 0 Å². The van der Waals surface area contributed by atoms with Crippen molar-refractivity contribution in [1.29, 1.82) is 0 Å². The van der Waals surface area contributed by atoms with Crippen LogP contribution in [0.1, 0.15) is 44.9 Å². The van der Waals surface area contributed by atoms with Gasteiger partial charge in [-0.15, -0.1) is 0 Å². The van der Waals surface area contributed by atoms with Crippen molar-refractivity contribution in [3.8, 4) is 0 Å². The van der Waals surface area contributed by atoms with Crippen LogP contribution in [0.25, 0.3) is 11.0 Å². The average molecular weight is 271 g/mol. The van der Waals surface area contributed by atoms with E-state index in [-0.39, 0.29) is 0 Å². The fourth-order valence-corrected chi connectivity index (χ4v) is 3.23. The molecular weight excluding hydrogens is 246 g/mol. The molecule has 3 rings (SSSR count). The van der Waals surface area contributed by atoms with Gasteiger partial charge in [0.25, 0.3) is 0 Å². The number of hydrogen-bond donors (Lipinski definition) is 1. The first kappa shape index (κ1) is 13.6. The number of nitrogens with one attached hydrogen (secondary N) is 1. The molecule has 2 aromatic rings. The predicted molar refractivity (Wildman–Crippen MR) is 83.8 cm³/mol. The van der Waals surface area contributed by atoms with E-state index in [9.17, 15) is 0 Å². The minimum atomic E-state index is 0.761. The lowest BCUT2D eigenvalue weighted by Crippen LogP contribution is -2.29. The summed E-state index contributed by atoms with van der Waals surface area (Å²) in [6.45, 7) is 2.18. The van der Waals surface area contributed by atoms with E-state index in [4.69, 9.17) is 0 Å². The minimum Gasteiger partial charge on any atom is -0.331 e. The number of imidazole rings is 1. The molecule has 1 aliphatic rings. The van der Waals surface area contributed by atoms with Crippen LogP contribution in [-0.4, -0.2) is 22.1 Å². The Labute approximate surface area is 121 Å². The smallest absolute Gasteiger partial charge is 0.0958 e. The molecule has 0 saturated heterocycles. The molecule has 1 aliphatic carbocycles. The van der Waals surface area contributed by atoms with Crippen LogP contribution < -0.4 is 5.32 Å². The van der Waals surface area contributed by atoms with Gasteiger partial charge in [0.15, 0.2) is 0 Å². The third-order valence-corrected chi connectivity index (χ3v) is 4.39. The number of para-hydroxylation sites is 2. The molecule has 0 atom stereocenters. The molecule has 0 unspecified atom stereocenters. The molecule has 1 heterocycles. The van der Waals surface area contributed by atoms with E-state index in [1.165, 1.54) is 50.5 Å². The number of benzene rings is 1. The molecule has 0 spiro atoms. The molecule has 1 fully saturated rings. The molecule has 20 heavy (non-hydrogen) atoms. The summed E-state index contributed by atoms with van der Waals surface area (Å²) in [5.41, 5.74) is 2.35. The first-order chi connectivity index (χ1) is 9.93. The Kier molecular flexibility index (Phi) is 4.69. The van der Waals surface area contributed by atoms with Crippen LogP contribution in [0.5, 0.6) is 0 Å². The van der Waals surface area contributed by atoms with Crippen molar-refractivity contribution in [2.45, 2.75) is 57.5 Å². The summed E-state index contributed by atoms with van der Waals surface area (Å²) >= 11 is 0. The van der Waals surface area contributed by atoms with Gasteiger partial charge in [0.05, 0.1) is 17.4 Å². The normalized spacial score (nSPS) is 17.4. The Morgan fingerprint density at radius 1 is 1.10 bits per heavy atom. The number of rotatable bonds is 5. The Hall–Kier alpha value is -1.35. The maximum absolute atomic E-state index is 4.44. The lowest BCUT2D eigenvalue weighted by Gasteiger charge is -2.16. The number of aromatic nitrogens is 2. The van der Waals surface area contributed by atoms with Crippen LogP contribution in [0.15, 0.2) is 30.6 Å². The van der Waals surface area contributed by atoms with Gasteiger partial charge in [0, 0.05) is 12.6 Å². The van der Waals surface area contributed by atoms with E-state index >= 15 is 0 Å². The molecule has 1 saturated carbocycles. The van der Waals surface area contributed by atoms with Crippen LogP contribution in [0, 0.1) is 0 Å². The van der Waals surface area contributed by atoms with Gasteiger partial charge in [-0.2, -0.15) is 0 Å². The highest BCUT2D eigenvalue weighted by atomic mass is 15.0. The van der Waals surface area contributed by atoms with Crippen molar-refractivity contribution in [3.63, 3.8) is 0 Å². The number of nitrogens with zero attached hydrogens (tertiary/aromatic N) is 2. The summed E-state index contributed by atoms with van der Waals surface area (Å²) < 4.78 is 2.27. The fourth-order valence-electron chi connectivity index (χ4n) is 3.23. The Morgan fingerprint density at radius 3 is 2.75 bits per heavy atom. The van der Waals surface area contributed by atoms with E-state index in [1.807, 2.05) is 12.4 Å². The Morgan fingerprint density at radius 2 is 1.90 bits per heavy atom. The summed E-state index contributed by atoms with van der Waals surface area (Å²) in [6.07, 6.45) is 11.6. The van der Waals surface area contributed by atoms with Crippen molar-refractivity contribution < 1.29 is 0 Å². The summed E-state index contributed by atoms with van der Waals surface area (Å²) in [5, 5.41) is 3.74. The second kappa shape index (κ2) is 6.89. The van der Waals surface area contributed by atoms with Gasteiger partial charge in [-0.05, 0) is 37.9 Å². The van der Waals surface area contributed by atoms with Gasteiger partial charge in [0.2, 0.25) is 0 Å². The van der Waals surface area contributed by atoms with Crippen molar-refractivity contribution in [1.82, 2.24) is 14.9 Å². The average Bonchev–Trinajstić information content (AvgIpc) is 2.71. The molecule has 1 aromatic heterocycles. The van der Waals surface area contributed by atoms with E-state index in [2.05, 4.69) is 33.1 Å². The molecule has 0 bridgehead atoms. The zero-order valence-electron chi connectivity index (χ0n) is 12.2.